The van der Waals surface area contributed by atoms with E-state index in [1.807, 2.05) is 25.7 Å². The molecule has 0 rings (SSSR count). The summed E-state index contributed by atoms with van der Waals surface area (Å²) in [6.45, 7) is 7.73. The minimum absolute atomic E-state index is 0.136. The fourth-order valence-corrected chi connectivity index (χ4v) is 1.49. The minimum atomic E-state index is -0.787. The molecule has 0 atom stereocenters. The lowest BCUT2D eigenvalue weighted by molar-refractivity contribution is -0.137. The highest BCUT2D eigenvalue weighted by atomic mass is 16.4. The molecule has 0 saturated carbocycles. The Kier molecular flexibility index (Phi) is 6.52. The minimum Gasteiger partial charge on any atom is -0.481 e. The van der Waals surface area contributed by atoms with Gasteiger partial charge in [-0.25, -0.2) is 0 Å². The lowest BCUT2D eigenvalue weighted by Gasteiger charge is -2.32. The molecule has 0 aromatic heterocycles. The van der Waals surface area contributed by atoms with E-state index in [9.17, 15) is 9.90 Å². The molecule has 0 amide bonds. The summed E-state index contributed by atoms with van der Waals surface area (Å²) in [4.78, 5) is 12.4. The number of carboxylic acids is 1. The average Bonchev–Trinajstić information content (AvgIpc) is 2.23. The van der Waals surface area contributed by atoms with Crippen LogP contribution in [0, 0.1) is 0 Å². The first-order valence-electron chi connectivity index (χ1n) is 5.64. The van der Waals surface area contributed by atoms with Gasteiger partial charge in [-0.3, -0.25) is 4.79 Å². The first-order valence-corrected chi connectivity index (χ1v) is 5.64. The Bertz CT molecular complexity index is 190. The topological polar surface area (TPSA) is 60.8 Å². The summed E-state index contributed by atoms with van der Waals surface area (Å²) in [5.74, 6) is -0.787. The van der Waals surface area contributed by atoms with E-state index < -0.39 is 11.6 Å². The molecular formula is C11H23NO3. The second-order valence-corrected chi connectivity index (χ2v) is 3.94. The molecule has 0 aromatic rings. The van der Waals surface area contributed by atoms with Gasteiger partial charge in [0.25, 0.3) is 0 Å². The van der Waals surface area contributed by atoms with E-state index in [0.717, 1.165) is 6.54 Å². The van der Waals surface area contributed by atoms with Crippen LogP contribution in [-0.4, -0.2) is 46.3 Å². The van der Waals surface area contributed by atoms with Crippen LogP contribution in [0.2, 0.25) is 0 Å². The van der Waals surface area contributed by atoms with Gasteiger partial charge in [0.2, 0.25) is 0 Å². The fraction of sp³-hybridized carbons (Fsp3) is 0.909. The SMILES string of the molecule is CCN(CCC(=O)O)CC(O)(CC)CC. The molecule has 90 valence electrons. The van der Waals surface area contributed by atoms with Gasteiger partial charge < -0.3 is 15.1 Å². The Hall–Kier alpha value is -0.610. The zero-order valence-corrected chi connectivity index (χ0v) is 9.99. The Balaban J connectivity index is 4.12. The number of rotatable bonds is 8. The molecular weight excluding hydrogens is 194 g/mol. The molecule has 0 aliphatic carbocycles. The summed E-state index contributed by atoms with van der Waals surface area (Å²) >= 11 is 0. The van der Waals surface area contributed by atoms with Crippen LogP contribution < -0.4 is 0 Å². The molecule has 4 nitrogen and oxygen atoms in total. The number of hydrogen-bond acceptors (Lipinski definition) is 3. The number of likely N-dealkylation sites (N-methyl/N-ethyl adjacent to an activating group) is 1. The Morgan fingerprint density at radius 3 is 2.13 bits per heavy atom. The predicted molar refractivity (Wildman–Crippen MR) is 59.9 cm³/mol. The van der Waals surface area contributed by atoms with Crippen molar-refractivity contribution in [3.05, 3.63) is 0 Å². The van der Waals surface area contributed by atoms with E-state index in [1.54, 1.807) is 0 Å². The van der Waals surface area contributed by atoms with Gasteiger partial charge >= 0.3 is 5.97 Å². The van der Waals surface area contributed by atoms with Crippen molar-refractivity contribution in [3.63, 3.8) is 0 Å². The van der Waals surface area contributed by atoms with Crippen molar-refractivity contribution in [2.75, 3.05) is 19.6 Å². The Labute approximate surface area is 91.9 Å². The Morgan fingerprint density at radius 2 is 1.80 bits per heavy atom. The van der Waals surface area contributed by atoms with Crippen LogP contribution in [-0.2, 0) is 4.79 Å². The maximum Gasteiger partial charge on any atom is 0.304 e. The van der Waals surface area contributed by atoms with Crippen molar-refractivity contribution in [2.45, 2.75) is 45.6 Å². The highest BCUT2D eigenvalue weighted by Gasteiger charge is 2.24. The van der Waals surface area contributed by atoms with Crippen molar-refractivity contribution in [1.82, 2.24) is 4.90 Å². The van der Waals surface area contributed by atoms with E-state index >= 15 is 0 Å². The summed E-state index contributed by atoms with van der Waals surface area (Å²) in [6.07, 6.45) is 1.54. The molecule has 0 aliphatic heterocycles. The molecule has 0 aliphatic rings. The molecule has 4 heteroatoms. The van der Waals surface area contributed by atoms with Crippen molar-refractivity contribution in [1.29, 1.82) is 0 Å². The highest BCUT2D eigenvalue weighted by molar-refractivity contribution is 5.66. The lowest BCUT2D eigenvalue weighted by atomic mass is 9.97. The van der Waals surface area contributed by atoms with Gasteiger partial charge in [0, 0.05) is 13.1 Å². The third kappa shape index (κ3) is 5.74. The number of hydrogen-bond donors (Lipinski definition) is 2. The number of aliphatic carboxylic acids is 1. The fourth-order valence-electron chi connectivity index (χ4n) is 1.49. The summed E-state index contributed by atoms with van der Waals surface area (Å²) < 4.78 is 0. The van der Waals surface area contributed by atoms with E-state index in [-0.39, 0.29) is 6.42 Å². The maximum absolute atomic E-state index is 10.4. The van der Waals surface area contributed by atoms with Crippen molar-refractivity contribution in [3.8, 4) is 0 Å². The van der Waals surface area contributed by atoms with Gasteiger partial charge in [-0.05, 0) is 19.4 Å². The molecule has 0 fully saturated rings. The van der Waals surface area contributed by atoms with Crippen molar-refractivity contribution in [2.24, 2.45) is 0 Å². The lowest BCUT2D eigenvalue weighted by Crippen LogP contribution is -2.43. The van der Waals surface area contributed by atoms with Crippen LogP contribution in [0.3, 0.4) is 0 Å². The van der Waals surface area contributed by atoms with E-state index in [4.69, 9.17) is 5.11 Å². The van der Waals surface area contributed by atoms with Crippen LogP contribution in [0.5, 0.6) is 0 Å². The third-order valence-electron chi connectivity index (χ3n) is 2.92. The molecule has 0 bridgehead atoms. The smallest absolute Gasteiger partial charge is 0.304 e. The van der Waals surface area contributed by atoms with Gasteiger partial charge in [-0.15, -0.1) is 0 Å². The predicted octanol–water partition coefficient (Wildman–Crippen LogP) is 1.33. The monoisotopic (exact) mass is 217 g/mol. The van der Waals surface area contributed by atoms with Crippen LogP contribution in [0.25, 0.3) is 0 Å². The average molecular weight is 217 g/mol. The summed E-state index contributed by atoms with van der Waals surface area (Å²) in [5.41, 5.74) is -0.672. The maximum atomic E-state index is 10.4. The number of aliphatic hydroxyl groups is 1. The summed E-state index contributed by atoms with van der Waals surface area (Å²) in [5, 5.41) is 18.7. The zero-order chi connectivity index (χ0) is 11.9. The van der Waals surface area contributed by atoms with E-state index in [2.05, 4.69) is 0 Å². The summed E-state index contributed by atoms with van der Waals surface area (Å²) in [6, 6.07) is 0. The molecule has 0 radical (unpaired) electrons. The molecule has 0 aromatic carbocycles. The van der Waals surface area contributed by atoms with Gasteiger partial charge in [-0.1, -0.05) is 20.8 Å². The highest BCUT2D eigenvalue weighted by Crippen LogP contribution is 2.16. The quantitative estimate of drug-likeness (QED) is 0.644. The first kappa shape index (κ1) is 14.4. The van der Waals surface area contributed by atoms with Crippen LogP contribution in [0.4, 0.5) is 0 Å². The number of carbonyl (C=O) groups is 1. The van der Waals surface area contributed by atoms with Crippen molar-refractivity contribution >= 4 is 5.97 Å². The molecule has 15 heavy (non-hydrogen) atoms. The van der Waals surface area contributed by atoms with Gasteiger partial charge in [-0.2, -0.15) is 0 Å². The molecule has 0 spiro atoms. The molecule has 0 unspecified atom stereocenters. The van der Waals surface area contributed by atoms with E-state index in [0.29, 0.717) is 25.9 Å². The summed E-state index contributed by atoms with van der Waals surface area (Å²) in [7, 11) is 0. The van der Waals surface area contributed by atoms with Crippen LogP contribution in [0.15, 0.2) is 0 Å². The van der Waals surface area contributed by atoms with Crippen LogP contribution in [0.1, 0.15) is 40.0 Å². The third-order valence-corrected chi connectivity index (χ3v) is 2.92. The number of nitrogens with zero attached hydrogens (tertiary/aromatic N) is 1. The largest absolute Gasteiger partial charge is 0.481 e. The van der Waals surface area contributed by atoms with Crippen LogP contribution >= 0.6 is 0 Å². The van der Waals surface area contributed by atoms with E-state index in [1.165, 1.54) is 0 Å². The second kappa shape index (κ2) is 6.80. The second-order valence-electron chi connectivity index (χ2n) is 3.94. The first-order chi connectivity index (χ1) is 6.97. The van der Waals surface area contributed by atoms with Gasteiger partial charge in [0.1, 0.15) is 0 Å². The molecule has 0 saturated heterocycles. The van der Waals surface area contributed by atoms with Gasteiger partial charge in [0.05, 0.1) is 12.0 Å². The molecule has 0 heterocycles. The van der Waals surface area contributed by atoms with Crippen molar-refractivity contribution < 1.29 is 15.0 Å². The van der Waals surface area contributed by atoms with Gasteiger partial charge in [0.15, 0.2) is 0 Å². The normalized spacial score (nSPS) is 12.1. The standard InChI is InChI=1S/C11H23NO3/c1-4-11(15,5-2)9-12(6-3)8-7-10(13)14/h15H,4-9H2,1-3H3,(H,13,14). The Morgan fingerprint density at radius 1 is 1.27 bits per heavy atom. The zero-order valence-electron chi connectivity index (χ0n) is 9.99. The molecule has 2 N–H and O–H groups in total. The number of carboxylic acid groups (broad SMARTS) is 1.